The first-order valence-electron chi connectivity index (χ1n) is 10.6. The standard InChI is InChI=1S/C23H31N5O4/c1-15-12-27(3)16(2)14-32-20-10-17(26-22(29)19-11-24-8-9-25-19)6-7-18(20)23(30)28(4)13-21(15)31-5/h6-11,15-16,21H,12-14H2,1-5H3,(H,26,29)/t15-,16+,21+/m1/s1. The number of carbonyl (C=O) groups excluding carboxylic acids is 2. The number of hydrogen-bond acceptors (Lipinski definition) is 7. The molecule has 1 N–H and O–H groups in total. The average Bonchev–Trinajstić information content (AvgIpc) is 2.80. The van der Waals surface area contributed by atoms with Crippen molar-refractivity contribution in [2.45, 2.75) is 26.0 Å². The number of nitrogens with one attached hydrogen (secondary N) is 1. The summed E-state index contributed by atoms with van der Waals surface area (Å²) in [5.74, 6) is 0.101. The van der Waals surface area contributed by atoms with Gasteiger partial charge in [0.15, 0.2) is 0 Å². The summed E-state index contributed by atoms with van der Waals surface area (Å²) in [5, 5.41) is 2.79. The lowest BCUT2D eigenvalue weighted by atomic mass is 10.0. The van der Waals surface area contributed by atoms with Gasteiger partial charge in [-0.05, 0) is 32.0 Å². The van der Waals surface area contributed by atoms with E-state index in [1.165, 1.54) is 18.6 Å². The van der Waals surface area contributed by atoms with Crippen LogP contribution in [-0.4, -0.2) is 84.6 Å². The quantitative estimate of drug-likeness (QED) is 0.780. The van der Waals surface area contributed by atoms with Gasteiger partial charge in [-0.1, -0.05) is 6.92 Å². The van der Waals surface area contributed by atoms with Gasteiger partial charge in [-0.25, -0.2) is 4.98 Å². The second-order valence-corrected chi connectivity index (χ2v) is 8.29. The second-order valence-electron chi connectivity index (χ2n) is 8.29. The molecular weight excluding hydrogens is 410 g/mol. The number of rotatable bonds is 3. The van der Waals surface area contributed by atoms with Gasteiger partial charge in [0, 0.05) is 57.4 Å². The van der Waals surface area contributed by atoms with Crippen molar-refractivity contribution in [2.24, 2.45) is 5.92 Å². The van der Waals surface area contributed by atoms with Gasteiger partial charge in [-0.2, -0.15) is 0 Å². The molecule has 3 rings (SSSR count). The van der Waals surface area contributed by atoms with Crippen molar-refractivity contribution in [3.63, 3.8) is 0 Å². The van der Waals surface area contributed by atoms with E-state index in [1.54, 1.807) is 37.3 Å². The Morgan fingerprint density at radius 1 is 1.22 bits per heavy atom. The van der Waals surface area contributed by atoms with Gasteiger partial charge in [0.1, 0.15) is 18.1 Å². The summed E-state index contributed by atoms with van der Waals surface area (Å²) < 4.78 is 11.8. The van der Waals surface area contributed by atoms with Gasteiger partial charge < -0.3 is 19.7 Å². The normalized spacial score (nSPS) is 22.8. The van der Waals surface area contributed by atoms with Gasteiger partial charge in [0.05, 0.1) is 17.9 Å². The van der Waals surface area contributed by atoms with Crippen molar-refractivity contribution < 1.29 is 19.1 Å². The Morgan fingerprint density at radius 2 is 2.00 bits per heavy atom. The van der Waals surface area contributed by atoms with Gasteiger partial charge in [0.2, 0.25) is 0 Å². The molecule has 0 saturated carbocycles. The third kappa shape index (κ3) is 5.60. The Morgan fingerprint density at radius 3 is 2.69 bits per heavy atom. The van der Waals surface area contributed by atoms with Crippen LogP contribution in [0.5, 0.6) is 5.75 Å². The minimum atomic E-state index is -0.389. The monoisotopic (exact) mass is 441 g/mol. The lowest BCUT2D eigenvalue weighted by Crippen LogP contribution is -2.45. The minimum absolute atomic E-state index is 0.0899. The van der Waals surface area contributed by atoms with Crippen molar-refractivity contribution in [1.29, 1.82) is 0 Å². The summed E-state index contributed by atoms with van der Waals surface area (Å²) >= 11 is 0. The summed E-state index contributed by atoms with van der Waals surface area (Å²) in [7, 11) is 5.49. The number of amides is 2. The summed E-state index contributed by atoms with van der Waals surface area (Å²) in [4.78, 5) is 37.4. The Kier molecular flexibility index (Phi) is 7.76. The predicted octanol–water partition coefficient (Wildman–Crippen LogP) is 2.16. The first-order valence-corrected chi connectivity index (χ1v) is 10.6. The van der Waals surface area contributed by atoms with E-state index >= 15 is 0 Å². The van der Waals surface area contributed by atoms with Crippen molar-refractivity contribution in [3.05, 3.63) is 48.0 Å². The lowest BCUT2D eigenvalue weighted by Gasteiger charge is -2.34. The predicted molar refractivity (Wildman–Crippen MR) is 121 cm³/mol. The van der Waals surface area contributed by atoms with E-state index in [-0.39, 0.29) is 35.6 Å². The van der Waals surface area contributed by atoms with E-state index in [0.717, 1.165) is 6.54 Å². The molecular formula is C23H31N5O4. The molecule has 2 aromatic rings. The molecule has 32 heavy (non-hydrogen) atoms. The number of methoxy groups -OCH3 is 1. The molecule has 1 aliphatic heterocycles. The highest BCUT2D eigenvalue weighted by Gasteiger charge is 2.27. The zero-order valence-corrected chi connectivity index (χ0v) is 19.2. The third-order valence-corrected chi connectivity index (χ3v) is 5.81. The molecule has 0 saturated heterocycles. The third-order valence-electron chi connectivity index (χ3n) is 5.81. The van der Waals surface area contributed by atoms with Crippen LogP contribution in [0.4, 0.5) is 5.69 Å². The maximum Gasteiger partial charge on any atom is 0.275 e. The van der Waals surface area contributed by atoms with E-state index in [2.05, 4.69) is 41.1 Å². The van der Waals surface area contributed by atoms with E-state index in [4.69, 9.17) is 9.47 Å². The molecule has 2 amide bonds. The van der Waals surface area contributed by atoms with Crippen LogP contribution >= 0.6 is 0 Å². The number of nitrogens with zero attached hydrogens (tertiary/aromatic N) is 4. The van der Waals surface area contributed by atoms with Crippen LogP contribution in [0.3, 0.4) is 0 Å². The van der Waals surface area contributed by atoms with Crippen LogP contribution in [0.1, 0.15) is 34.7 Å². The molecule has 3 atom stereocenters. The second kappa shape index (κ2) is 10.5. The molecule has 0 aliphatic carbocycles. The molecule has 1 aliphatic rings. The fraction of sp³-hybridized carbons (Fsp3) is 0.478. The summed E-state index contributed by atoms with van der Waals surface area (Å²) in [6, 6.07) is 5.14. The van der Waals surface area contributed by atoms with Crippen LogP contribution in [0, 0.1) is 5.92 Å². The van der Waals surface area contributed by atoms with Crippen LogP contribution in [0.25, 0.3) is 0 Å². The number of carbonyl (C=O) groups is 2. The molecule has 0 fully saturated rings. The zero-order chi connectivity index (χ0) is 23.3. The SMILES string of the molecule is CO[C@H]1CN(C)C(=O)c2ccc(NC(=O)c3cnccn3)cc2OC[C@H](C)N(C)C[C@H]1C. The number of benzene rings is 1. The molecule has 0 spiro atoms. The first kappa shape index (κ1) is 23.6. The van der Waals surface area contributed by atoms with E-state index in [9.17, 15) is 9.59 Å². The van der Waals surface area contributed by atoms with Crippen molar-refractivity contribution in [3.8, 4) is 5.75 Å². The number of hydrogen-bond donors (Lipinski definition) is 1. The summed E-state index contributed by atoms with van der Waals surface area (Å²) in [6.07, 6.45) is 4.26. The summed E-state index contributed by atoms with van der Waals surface area (Å²) in [5.41, 5.74) is 1.14. The maximum absolute atomic E-state index is 13.2. The summed E-state index contributed by atoms with van der Waals surface area (Å²) in [6.45, 7) is 5.87. The van der Waals surface area contributed by atoms with Gasteiger partial charge in [0.25, 0.3) is 11.8 Å². The zero-order valence-electron chi connectivity index (χ0n) is 19.2. The topological polar surface area (TPSA) is 96.9 Å². The smallest absolute Gasteiger partial charge is 0.275 e. The van der Waals surface area contributed by atoms with Crippen LogP contribution in [-0.2, 0) is 4.74 Å². The van der Waals surface area contributed by atoms with E-state index in [1.807, 2.05) is 0 Å². The fourth-order valence-electron chi connectivity index (χ4n) is 3.64. The highest BCUT2D eigenvalue weighted by Crippen LogP contribution is 2.27. The molecule has 1 aromatic heterocycles. The molecule has 9 nitrogen and oxygen atoms in total. The molecule has 9 heteroatoms. The van der Waals surface area contributed by atoms with E-state index < -0.39 is 0 Å². The van der Waals surface area contributed by atoms with Crippen molar-refractivity contribution >= 4 is 17.5 Å². The van der Waals surface area contributed by atoms with Crippen molar-refractivity contribution in [1.82, 2.24) is 19.8 Å². The van der Waals surface area contributed by atoms with Crippen LogP contribution in [0.15, 0.2) is 36.8 Å². The maximum atomic E-state index is 13.2. The highest BCUT2D eigenvalue weighted by molar-refractivity contribution is 6.03. The van der Waals surface area contributed by atoms with Crippen LogP contribution in [0.2, 0.25) is 0 Å². The van der Waals surface area contributed by atoms with Crippen LogP contribution < -0.4 is 10.1 Å². The number of anilines is 1. The molecule has 2 heterocycles. The van der Waals surface area contributed by atoms with Gasteiger partial charge in [-0.15, -0.1) is 0 Å². The lowest BCUT2D eigenvalue weighted by molar-refractivity contribution is 0.0150. The molecule has 0 unspecified atom stereocenters. The Bertz CT molecular complexity index is 939. The van der Waals surface area contributed by atoms with Gasteiger partial charge >= 0.3 is 0 Å². The van der Waals surface area contributed by atoms with E-state index in [0.29, 0.717) is 30.2 Å². The number of likely N-dealkylation sites (N-methyl/N-ethyl adjacent to an activating group) is 2. The molecule has 1 aromatic carbocycles. The molecule has 0 bridgehead atoms. The first-order chi connectivity index (χ1) is 15.3. The molecule has 0 radical (unpaired) electrons. The largest absolute Gasteiger partial charge is 0.491 e. The minimum Gasteiger partial charge on any atom is -0.491 e. The number of aromatic nitrogens is 2. The number of fused-ring (bicyclic) bond motifs is 1. The van der Waals surface area contributed by atoms with Crippen molar-refractivity contribution in [2.75, 3.05) is 46.2 Å². The Labute approximate surface area is 188 Å². The van der Waals surface area contributed by atoms with Gasteiger partial charge in [-0.3, -0.25) is 19.5 Å². The number of ether oxygens (including phenoxy) is 2. The average molecular weight is 442 g/mol. The Balaban J connectivity index is 1.89. The Hall–Kier alpha value is -3.04. The highest BCUT2D eigenvalue weighted by atomic mass is 16.5. The molecule has 172 valence electrons. The fourth-order valence-corrected chi connectivity index (χ4v) is 3.64.